The number of nitrogens with zero attached hydrogens (tertiary/aromatic N) is 2. The number of hydrogen-bond acceptors (Lipinski definition) is 6. The van der Waals surface area contributed by atoms with Gasteiger partial charge in [-0.25, -0.2) is 18.9 Å². The van der Waals surface area contributed by atoms with E-state index in [2.05, 4.69) is 5.32 Å². The lowest BCUT2D eigenvalue weighted by molar-refractivity contribution is -0.122. The molecule has 3 aromatic rings. The second-order valence-electron chi connectivity index (χ2n) is 9.21. The van der Waals surface area contributed by atoms with Crippen LogP contribution in [0.25, 0.3) is 11.1 Å². The van der Waals surface area contributed by atoms with Crippen molar-refractivity contribution in [3.63, 3.8) is 0 Å². The van der Waals surface area contributed by atoms with E-state index in [0.717, 1.165) is 64.7 Å². The number of fused-ring (bicyclic) bond motifs is 1. The predicted octanol–water partition coefficient (Wildman–Crippen LogP) is 5.02. The lowest BCUT2D eigenvalue weighted by Gasteiger charge is -2.26. The number of nitrogens with one attached hydrogen (secondary N) is 1. The van der Waals surface area contributed by atoms with Crippen LogP contribution in [0.5, 0.6) is 0 Å². The van der Waals surface area contributed by atoms with Gasteiger partial charge in [0.2, 0.25) is 0 Å². The molecule has 10 heteroatoms. The quantitative estimate of drug-likeness (QED) is 0.281. The van der Waals surface area contributed by atoms with Crippen molar-refractivity contribution in [2.24, 2.45) is 0 Å². The van der Waals surface area contributed by atoms with Gasteiger partial charge in [-0.3, -0.25) is 14.9 Å². The minimum atomic E-state index is -0.905. The van der Waals surface area contributed by atoms with Gasteiger partial charge in [-0.05, 0) is 94.0 Å². The van der Waals surface area contributed by atoms with Gasteiger partial charge < -0.3 is 9.30 Å². The average Bonchev–Trinajstić information content (AvgIpc) is 3.38. The normalized spacial score (nSPS) is 16.6. The Labute approximate surface area is 222 Å². The fraction of sp³-hybridized carbons (Fsp3) is 0.286. The highest BCUT2D eigenvalue weighted by Crippen LogP contribution is 2.39. The first-order chi connectivity index (χ1) is 18.2. The van der Waals surface area contributed by atoms with Crippen molar-refractivity contribution in [3.8, 4) is 5.00 Å². The molecule has 0 spiro atoms. The van der Waals surface area contributed by atoms with Crippen molar-refractivity contribution >= 4 is 46.9 Å². The number of carbonyl (C=O) groups is 4. The molecule has 1 aliphatic carbocycles. The number of carbonyl (C=O) groups excluding carboxylic acids is 4. The van der Waals surface area contributed by atoms with Crippen molar-refractivity contribution in [1.82, 2.24) is 9.88 Å². The van der Waals surface area contributed by atoms with E-state index < -0.39 is 23.7 Å². The van der Waals surface area contributed by atoms with Gasteiger partial charge in [0.05, 0.1) is 17.9 Å². The number of aromatic nitrogens is 1. The number of hydrogen-bond donors (Lipinski definition) is 1. The lowest BCUT2D eigenvalue weighted by atomic mass is 9.95. The van der Waals surface area contributed by atoms with Crippen molar-refractivity contribution in [3.05, 3.63) is 74.7 Å². The molecule has 0 unspecified atom stereocenters. The van der Waals surface area contributed by atoms with Gasteiger partial charge in [0.25, 0.3) is 11.8 Å². The minimum absolute atomic E-state index is 0.140. The fourth-order valence-electron chi connectivity index (χ4n) is 5.01. The van der Waals surface area contributed by atoms with Crippen LogP contribution in [-0.2, 0) is 27.2 Å². The topological polar surface area (TPSA) is 97.7 Å². The molecule has 196 valence electrons. The highest BCUT2D eigenvalue weighted by Gasteiger charge is 2.37. The number of urea groups is 1. The standard InChI is InChI=1S/C28H26FN3O5S/c1-4-37-27(35)23-20-7-5-6-8-22(20)38-26(23)31-15(2)13-17(16(31)3)14-21-24(33)30-28(36)32(25(21)34)19-11-9-18(29)10-12-19/h9-14H,4-8H2,1-3H3,(H,30,33,36)/b21-14-. The molecular weight excluding hydrogens is 509 g/mol. The number of esters is 1. The third kappa shape index (κ3) is 4.34. The van der Waals surface area contributed by atoms with Crippen LogP contribution in [0.1, 0.15) is 57.5 Å². The number of benzene rings is 1. The molecule has 0 bridgehead atoms. The van der Waals surface area contributed by atoms with Crippen LogP contribution in [0.4, 0.5) is 14.9 Å². The maximum absolute atomic E-state index is 13.4. The summed E-state index contributed by atoms with van der Waals surface area (Å²) in [6, 6.07) is 5.77. The van der Waals surface area contributed by atoms with Crippen molar-refractivity contribution in [2.45, 2.75) is 46.5 Å². The van der Waals surface area contributed by atoms with E-state index in [9.17, 15) is 23.6 Å². The van der Waals surface area contributed by atoms with Crippen LogP contribution < -0.4 is 10.2 Å². The molecule has 3 heterocycles. The highest BCUT2D eigenvalue weighted by atomic mass is 32.1. The van der Waals surface area contributed by atoms with Gasteiger partial charge in [-0.1, -0.05) is 0 Å². The first-order valence-corrected chi connectivity index (χ1v) is 13.2. The van der Waals surface area contributed by atoms with Crippen LogP contribution in [0.2, 0.25) is 0 Å². The zero-order valence-corrected chi connectivity index (χ0v) is 22.0. The number of amides is 4. The van der Waals surface area contributed by atoms with E-state index >= 15 is 0 Å². The number of imide groups is 2. The Balaban J connectivity index is 1.58. The van der Waals surface area contributed by atoms with Crippen LogP contribution in [-0.4, -0.2) is 35.0 Å². The highest BCUT2D eigenvalue weighted by molar-refractivity contribution is 7.15. The molecule has 0 radical (unpaired) electrons. The maximum atomic E-state index is 13.4. The zero-order chi connectivity index (χ0) is 27.1. The largest absolute Gasteiger partial charge is 0.462 e. The Hall–Kier alpha value is -4.05. The van der Waals surface area contributed by atoms with E-state index in [-0.39, 0.29) is 23.8 Å². The smallest absolute Gasteiger partial charge is 0.341 e. The number of ether oxygens (including phenoxy) is 1. The summed E-state index contributed by atoms with van der Waals surface area (Å²) >= 11 is 1.57. The van der Waals surface area contributed by atoms with Crippen LogP contribution in [0.3, 0.4) is 0 Å². The molecular formula is C28H26FN3O5S. The van der Waals surface area contributed by atoms with E-state index in [1.165, 1.54) is 23.1 Å². The first-order valence-electron chi connectivity index (χ1n) is 12.4. The Morgan fingerprint density at radius 1 is 1.13 bits per heavy atom. The third-order valence-corrected chi connectivity index (χ3v) is 8.07. The SMILES string of the molecule is CCOC(=O)c1c(-n2c(C)cc(/C=C3/C(=O)NC(=O)N(c4ccc(F)cc4)C3=O)c2C)sc2c1CCCC2. The monoisotopic (exact) mass is 535 g/mol. The molecule has 8 nitrogen and oxygen atoms in total. The van der Waals surface area contributed by atoms with Gasteiger partial charge in [0, 0.05) is 16.3 Å². The summed E-state index contributed by atoms with van der Waals surface area (Å²) in [4.78, 5) is 53.4. The number of thiophene rings is 1. The Morgan fingerprint density at radius 2 is 1.84 bits per heavy atom. The van der Waals surface area contributed by atoms with Gasteiger partial charge >= 0.3 is 12.0 Å². The molecule has 0 saturated carbocycles. The molecule has 2 aromatic heterocycles. The number of halogens is 1. The van der Waals surface area contributed by atoms with Crippen molar-refractivity contribution in [1.29, 1.82) is 0 Å². The maximum Gasteiger partial charge on any atom is 0.341 e. The summed E-state index contributed by atoms with van der Waals surface area (Å²) in [7, 11) is 0. The molecule has 1 N–H and O–H groups in total. The Kier molecular flexibility index (Phi) is 6.75. The molecule has 1 saturated heterocycles. The molecule has 2 aliphatic rings. The van der Waals surface area contributed by atoms with Gasteiger partial charge in [0.15, 0.2) is 0 Å². The van der Waals surface area contributed by atoms with E-state index in [1.807, 2.05) is 24.5 Å². The summed E-state index contributed by atoms with van der Waals surface area (Å²) in [5.41, 5.74) is 3.66. The second-order valence-corrected chi connectivity index (χ2v) is 10.3. The number of anilines is 1. The fourth-order valence-corrected chi connectivity index (χ4v) is 6.49. The number of rotatable bonds is 5. The van der Waals surface area contributed by atoms with Gasteiger partial charge in [0.1, 0.15) is 16.4 Å². The second kappa shape index (κ2) is 10.0. The zero-order valence-electron chi connectivity index (χ0n) is 21.2. The van der Waals surface area contributed by atoms with Gasteiger partial charge in [-0.15, -0.1) is 11.3 Å². The summed E-state index contributed by atoms with van der Waals surface area (Å²) in [6.07, 6.45) is 5.24. The third-order valence-electron chi connectivity index (χ3n) is 6.79. The van der Waals surface area contributed by atoms with E-state index in [1.54, 1.807) is 18.3 Å². The summed E-state index contributed by atoms with van der Waals surface area (Å²) in [5.74, 6) is -2.50. The average molecular weight is 536 g/mol. The van der Waals surface area contributed by atoms with E-state index in [0.29, 0.717) is 11.1 Å². The number of aryl methyl sites for hydroxylation is 2. The van der Waals surface area contributed by atoms with Crippen molar-refractivity contribution in [2.75, 3.05) is 11.5 Å². The minimum Gasteiger partial charge on any atom is -0.462 e. The Bertz CT molecular complexity index is 1520. The molecule has 0 atom stereocenters. The van der Waals surface area contributed by atoms with Crippen LogP contribution in [0.15, 0.2) is 35.9 Å². The molecule has 1 fully saturated rings. The molecule has 5 rings (SSSR count). The predicted molar refractivity (Wildman–Crippen MR) is 141 cm³/mol. The summed E-state index contributed by atoms with van der Waals surface area (Å²) in [6.45, 7) is 5.78. The number of barbiturate groups is 1. The summed E-state index contributed by atoms with van der Waals surface area (Å²) in [5, 5.41) is 2.95. The molecule has 1 aromatic carbocycles. The van der Waals surface area contributed by atoms with Crippen LogP contribution >= 0.6 is 11.3 Å². The van der Waals surface area contributed by atoms with Crippen LogP contribution in [0, 0.1) is 19.7 Å². The van der Waals surface area contributed by atoms with Crippen molar-refractivity contribution < 1.29 is 28.3 Å². The Morgan fingerprint density at radius 3 is 2.55 bits per heavy atom. The van der Waals surface area contributed by atoms with Gasteiger partial charge in [-0.2, -0.15) is 0 Å². The molecule has 38 heavy (non-hydrogen) atoms. The molecule has 4 amide bonds. The molecule has 1 aliphatic heterocycles. The lowest BCUT2D eigenvalue weighted by Crippen LogP contribution is -2.54. The van der Waals surface area contributed by atoms with E-state index in [4.69, 9.17) is 4.74 Å². The first kappa shape index (κ1) is 25.6. The summed E-state index contributed by atoms with van der Waals surface area (Å²) < 4.78 is 20.8.